The highest BCUT2D eigenvalue weighted by Gasteiger charge is 2.54. The third-order valence-electron chi connectivity index (χ3n) is 4.75. The molecule has 1 heterocycles. The van der Waals surface area contributed by atoms with Gasteiger partial charge in [0.1, 0.15) is 5.54 Å². The van der Waals surface area contributed by atoms with Gasteiger partial charge in [-0.2, -0.15) is 0 Å². The maximum atomic E-state index is 12.5. The summed E-state index contributed by atoms with van der Waals surface area (Å²) in [4.78, 5) is 23.8. The molecular weight excluding hydrogens is 398 g/mol. The van der Waals surface area contributed by atoms with Gasteiger partial charge in [-0.25, -0.2) is 17.9 Å². The second-order valence-corrected chi connectivity index (χ2v) is 8.85. The molecule has 3 N–H and O–H groups in total. The van der Waals surface area contributed by atoms with Crippen LogP contribution in [0.2, 0.25) is 0 Å². The van der Waals surface area contributed by atoms with Gasteiger partial charge in [0.25, 0.3) is 5.91 Å². The normalized spacial score (nSPS) is 26.7. The number of rotatable bonds is 4. The minimum atomic E-state index is -3.68. The van der Waals surface area contributed by atoms with Crippen molar-refractivity contribution in [2.75, 3.05) is 6.54 Å². The molecule has 0 aromatic heterocycles. The van der Waals surface area contributed by atoms with Gasteiger partial charge in [0, 0.05) is 16.9 Å². The third kappa shape index (κ3) is 2.96. The molecule has 130 valence electrons. The van der Waals surface area contributed by atoms with Gasteiger partial charge in [-0.05, 0) is 43.5 Å². The highest BCUT2D eigenvalue weighted by Crippen LogP contribution is 2.37. The average molecular weight is 416 g/mol. The summed E-state index contributed by atoms with van der Waals surface area (Å²) in [5, 5.41) is 4.93. The predicted molar refractivity (Wildman–Crippen MR) is 90.8 cm³/mol. The van der Waals surface area contributed by atoms with Crippen molar-refractivity contribution in [1.82, 2.24) is 15.4 Å². The predicted octanol–water partition coefficient (Wildman–Crippen LogP) is 1.41. The van der Waals surface area contributed by atoms with E-state index in [1.165, 1.54) is 6.07 Å². The van der Waals surface area contributed by atoms with E-state index >= 15 is 0 Å². The highest BCUT2D eigenvalue weighted by atomic mass is 79.9. The SMILES string of the molecule is Cc1cc(S(=O)(=O)NC[C@@H]2CCC[C@@]23NC(=O)NC3=O)ccc1Br. The smallest absolute Gasteiger partial charge is 0.322 e. The first kappa shape index (κ1) is 17.4. The van der Waals surface area contributed by atoms with Crippen LogP contribution in [0.15, 0.2) is 27.6 Å². The molecule has 3 rings (SSSR count). The molecule has 9 heteroatoms. The summed E-state index contributed by atoms with van der Waals surface area (Å²) in [5.74, 6) is -0.635. The van der Waals surface area contributed by atoms with Crippen LogP contribution in [0.4, 0.5) is 4.79 Å². The number of amides is 3. The lowest BCUT2D eigenvalue weighted by Crippen LogP contribution is -2.53. The number of carbonyl (C=O) groups excluding carboxylic acids is 2. The minimum absolute atomic E-state index is 0.102. The number of sulfonamides is 1. The van der Waals surface area contributed by atoms with Crippen molar-refractivity contribution in [1.29, 1.82) is 0 Å². The molecule has 1 saturated heterocycles. The van der Waals surface area contributed by atoms with Crippen LogP contribution in [0.1, 0.15) is 24.8 Å². The molecule has 1 aromatic carbocycles. The molecule has 3 amide bonds. The molecule has 1 aliphatic carbocycles. The van der Waals surface area contributed by atoms with E-state index in [-0.39, 0.29) is 23.3 Å². The number of aryl methyl sites for hydroxylation is 1. The number of hydrogen-bond donors (Lipinski definition) is 3. The number of halogens is 1. The standard InChI is InChI=1S/C15H18BrN3O4S/c1-9-7-11(4-5-12(9)16)24(22,23)17-8-10-3-2-6-15(10)13(20)18-14(21)19-15/h4-5,7,10,17H,2-3,6,8H2,1H3,(H2,18,19,20,21)/t10-,15+/m0/s1. The van der Waals surface area contributed by atoms with Crippen molar-refractivity contribution in [2.24, 2.45) is 5.92 Å². The summed E-state index contributed by atoms with van der Waals surface area (Å²) in [6.45, 7) is 1.92. The van der Waals surface area contributed by atoms with Crippen molar-refractivity contribution >= 4 is 37.9 Å². The van der Waals surface area contributed by atoms with E-state index in [4.69, 9.17) is 0 Å². The van der Waals surface area contributed by atoms with Crippen LogP contribution < -0.4 is 15.4 Å². The van der Waals surface area contributed by atoms with Crippen LogP contribution in [0, 0.1) is 12.8 Å². The van der Waals surface area contributed by atoms with Gasteiger partial charge >= 0.3 is 6.03 Å². The van der Waals surface area contributed by atoms with Gasteiger partial charge in [-0.15, -0.1) is 0 Å². The van der Waals surface area contributed by atoms with Crippen LogP contribution in [-0.4, -0.2) is 32.4 Å². The maximum Gasteiger partial charge on any atom is 0.322 e. The molecular formula is C15H18BrN3O4S. The molecule has 2 aliphatic rings. The van der Waals surface area contributed by atoms with E-state index in [0.29, 0.717) is 12.8 Å². The molecule has 0 radical (unpaired) electrons. The fraction of sp³-hybridized carbons (Fsp3) is 0.467. The zero-order valence-corrected chi connectivity index (χ0v) is 15.5. The van der Waals surface area contributed by atoms with E-state index in [1.807, 2.05) is 6.92 Å². The van der Waals surface area contributed by atoms with Crippen LogP contribution in [0.3, 0.4) is 0 Å². The first-order valence-corrected chi connectivity index (χ1v) is 9.92. The summed E-state index contributed by atoms with van der Waals surface area (Å²) in [6, 6.07) is 4.28. The zero-order valence-electron chi connectivity index (χ0n) is 13.1. The van der Waals surface area contributed by atoms with Crippen molar-refractivity contribution in [3.05, 3.63) is 28.2 Å². The lowest BCUT2D eigenvalue weighted by molar-refractivity contribution is -0.125. The Kier molecular flexibility index (Phi) is 4.43. The Morgan fingerprint density at radius 2 is 2.12 bits per heavy atom. The Hall–Kier alpha value is -1.45. The summed E-state index contributed by atoms with van der Waals surface area (Å²) in [6.07, 6.45) is 1.96. The number of urea groups is 1. The van der Waals surface area contributed by atoms with E-state index in [2.05, 4.69) is 31.3 Å². The number of imide groups is 1. The lowest BCUT2D eigenvalue weighted by atomic mass is 9.87. The first-order valence-electron chi connectivity index (χ1n) is 7.64. The average Bonchev–Trinajstić information content (AvgIpc) is 3.04. The molecule has 2 atom stereocenters. The van der Waals surface area contributed by atoms with E-state index in [0.717, 1.165) is 16.5 Å². The van der Waals surface area contributed by atoms with E-state index in [9.17, 15) is 18.0 Å². The summed E-state index contributed by atoms with van der Waals surface area (Å²) in [7, 11) is -3.68. The van der Waals surface area contributed by atoms with Gasteiger partial charge in [0.15, 0.2) is 0 Å². The Bertz CT molecular complexity index is 811. The number of nitrogens with one attached hydrogen (secondary N) is 3. The van der Waals surface area contributed by atoms with Crippen molar-refractivity contribution in [2.45, 2.75) is 36.6 Å². The van der Waals surface area contributed by atoms with Crippen molar-refractivity contribution in [3.63, 3.8) is 0 Å². The Morgan fingerprint density at radius 1 is 1.38 bits per heavy atom. The van der Waals surface area contributed by atoms with Gasteiger partial charge in [0.05, 0.1) is 4.90 Å². The van der Waals surface area contributed by atoms with Crippen molar-refractivity contribution < 1.29 is 18.0 Å². The van der Waals surface area contributed by atoms with Gasteiger partial charge in [-0.3, -0.25) is 10.1 Å². The second-order valence-electron chi connectivity index (χ2n) is 6.23. The Morgan fingerprint density at radius 3 is 2.75 bits per heavy atom. The third-order valence-corrected chi connectivity index (χ3v) is 7.06. The molecule has 7 nitrogen and oxygen atoms in total. The molecule has 1 spiro atoms. The van der Waals surface area contributed by atoms with Crippen LogP contribution in [-0.2, 0) is 14.8 Å². The lowest BCUT2D eigenvalue weighted by Gasteiger charge is -2.28. The van der Waals surface area contributed by atoms with E-state index in [1.54, 1.807) is 12.1 Å². The second kappa shape index (κ2) is 6.12. The molecule has 24 heavy (non-hydrogen) atoms. The molecule has 2 fully saturated rings. The van der Waals surface area contributed by atoms with Crippen LogP contribution in [0.25, 0.3) is 0 Å². The minimum Gasteiger partial charge on any atom is -0.323 e. The quantitative estimate of drug-likeness (QED) is 0.646. The summed E-state index contributed by atoms with van der Waals surface area (Å²) in [5.41, 5.74) is -0.174. The number of benzene rings is 1. The van der Waals surface area contributed by atoms with Crippen LogP contribution >= 0.6 is 15.9 Å². The summed E-state index contributed by atoms with van der Waals surface area (Å²) >= 11 is 3.34. The first-order chi connectivity index (χ1) is 11.2. The molecule has 1 saturated carbocycles. The Labute approximate surface area is 148 Å². The topological polar surface area (TPSA) is 104 Å². The monoisotopic (exact) mass is 415 g/mol. The molecule has 0 unspecified atom stereocenters. The van der Waals surface area contributed by atoms with Gasteiger partial charge < -0.3 is 5.32 Å². The number of carbonyl (C=O) groups is 2. The Balaban J connectivity index is 1.76. The van der Waals surface area contributed by atoms with Crippen molar-refractivity contribution in [3.8, 4) is 0 Å². The molecule has 1 aliphatic heterocycles. The fourth-order valence-corrected chi connectivity index (χ4v) is 4.81. The summed E-state index contributed by atoms with van der Waals surface area (Å²) < 4.78 is 28.4. The van der Waals surface area contributed by atoms with Gasteiger partial charge in [-0.1, -0.05) is 22.4 Å². The number of hydrogen-bond acceptors (Lipinski definition) is 4. The van der Waals surface area contributed by atoms with E-state index < -0.39 is 21.6 Å². The molecule has 1 aromatic rings. The zero-order chi connectivity index (χ0) is 17.5. The van der Waals surface area contributed by atoms with Gasteiger partial charge in [0.2, 0.25) is 10.0 Å². The largest absolute Gasteiger partial charge is 0.323 e. The van der Waals surface area contributed by atoms with Crippen LogP contribution in [0.5, 0.6) is 0 Å². The molecule has 0 bridgehead atoms. The highest BCUT2D eigenvalue weighted by molar-refractivity contribution is 9.10. The maximum absolute atomic E-state index is 12.5. The fourth-order valence-electron chi connectivity index (χ4n) is 3.40.